The van der Waals surface area contributed by atoms with E-state index >= 15 is 0 Å². The van der Waals surface area contributed by atoms with Gasteiger partial charge in [0.15, 0.2) is 0 Å². The van der Waals surface area contributed by atoms with Crippen LogP contribution in [0.15, 0.2) is 24.3 Å². The number of nitrogens with zero attached hydrogens (tertiary/aromatic N) is 2. The van der Waals surface area contributed by atoms with E-state index in [-0.39, 0.29) is 30.7 Å². The molecule has 0 radical (unpaired) electrons. The molecule has 1 unspecified atom stereocenters. The minimum atomic E-state index is -0.441. The molecule has 0 saturated carbocycles. The third kappa shape index (κ3) is 3.12. The zero-order chi connectivity index (χ0) is 16.4. The third-order valence-corrected chi connectivity index (χ3v) is 4.40. The van der Waals surface area contributed by atoms with Crippen LogP contribution in [0.5, 0.6) is 0 Å². The Balaban J connectivity index is 1.53. The number of fused-ring (bicyclic) bond motifs is 1. The average Bonchev–Trinajstić information content (AvgIpc) is 2.80. The van der Waals surface area contributed by atoms with Crippen molar-refractivity contribution in [2.24, 2.45) is 0 Å². The number of hydrogen-bond acceptors (Lipinski definition) is 4. The van der Waals surface area contributed by atoms with Crippen LogP contribution in [0.2, 0.25) is 0 Å². The van der Waals surface area contributed by atoms with Gasteiger partial charge in [0, 0.05) is 26.1 Å². The lowest BCUT2D eigenvalue weighted by atomic mass is 10.1. The summed E-state index contributed by atoms with van der Waals surface area (Å²) in [5.41, 5.74) is 0.867. The predicted molar refractivity (Wildman–Crippen MR) is 82.9 cm³/mol. The fraction of sp³-hybridized carbons (Fsp3) is 0.471. The second-order valence-electron chi connectivity index (χ2n) is 6.05. The number of aliphatic hydroxyl groups excluding tert-OH is 1. The first-order valence-electron chi connectivity index (χ1n) is 7.99. The van der Waals surface area contributed by atoms with Crippen molar-refractivity contribution in [2.75, 3.05) is 19.6 Å². The average molecular weight is 316 g/mol. The summed E-state index contributed by atoms with van der Waals surface area (Å²) in [6.45, 7) is 1.29. The van der Waals surface area contributed by atoms with E-state index in [2.05, 4.69) is 0 Å². The molecule has 1 fully saturated rings. The smallest absolute Gasteiger partial charge is 0.261 e. The summed E-state index contributed by atoms with van der Waals surface area (Å²) in [4.78, 5) is 39.4. The van der Waals surface area contributed by atoms with Gasteiger partial charge in [-0.25, -0.2) is 0 Å². The monoisotopic (exact) mass is 316 g/mol. The fourth-order valence-electron chi connectivity index (χ4n) is 3.17. The second kappa shape index (κ2) is 6.50. The van der Waals surface area contributed by atoms with Gasteiger partial charge in [-0.1, -0.05) is 12.1 Å². The summed E-state index contributed by atoms with van der Waals surface area (Å²) >= 11 is 0. The summed E-state index contributed by atoms with van der Waals surface area (Å²) in [5.74, 6) is -0.599. The molecule has 0 aromatic heterocycles. The largest absolute Gasteiger partial charge is 0.391 e. The molecule has 1 aromatic rings. The van der Waals surface area contributed by atoms with Crippen LogP contribution in [0.4, 0.5) is 0 Å². The normalized spacial score (nSPS) is 20.8. The molecule has 1 atom stereocenters. The number of piperidine rings is 1. The first-order chi connectivity index (χ1) is 11.1. The number of imide groups is 1. The Morgan fingerprint density at radius 3 is 2.43 bits per heavy atom. The molecule has 6 nitrogen and oxygen atoms in total. The van der Waals surface area contributed by atoms with E-state index in [0.29, 0.717) is 30.6 Å². The number of hydrogen-bond donors (Lipinski definition) is 1. The molecule has 3 amide bonds. The van der Waals surface area contributed by atoms with Gasteiger partial charge in [-0.05, 0) is 31.4 Å². The zero-order valence-corrected chi connectivity index (χ0v) is 12.9. The molecule has 0 bridgehead atoms. The van der Waals surface area contributed by atoms with Crippen molar-refractivity contribution in [3.8, 4) is 0 Å². The molecule has 6 heteroatoms. The number of carbonyl (C=O) groups is 3. The number of benzene rings is 1. The highest BCUT2D eigenvalue weighted by atomic mass is 16.3. The van der Waals surface area contributed by atoms with Gasteiger partial charge in [-0.3, -0.25) is 19.3 Å². The standard InChI is InChI=1S/C17H20N2O4/c20-12-5-3-9-18(11-12)15(21)8-4-10-19-16(22)13-6-1-2-7-14(13)17(19)23/h1-2,6-7,12,20H,3-5,8-11H2. The maximum atomic E-state index is 12.2. The van der Waals surface area contributed by atoms with E-state index in [0.717, 1.165) is 12.8 Å². The van der Waals surface area contributed by atoms with E-state index < -0.39 is 6.10 Å². The van der Waals surface area contributed by atoms with Gasteiger partial charge in [0.25, 0.3) is 11.8 Å². The first kappa shape index (κ1) is 15.7. The predicted octanol–water partition coefficient (Wildman–Crippen LogP) is 1.05. The maximum Gasteiger partial charge on any atom is 0.261 e. The minimum Gasteiger partial charge on any atom is -0.391 e. The second-order valence-corrected chi connectivity index (χ2v) is 6.05. The molecular formula is C17H20N2O4. The minimum absolute atomic E-state index is 0.0274. The summed E-state index contributed by atoms with van der Waals surface area (Å²) in [5, 5.41) is 9.60. The summed E-state index contributed by atoms with van der Waals surface area (Å²) < 4.78 is 0. The molecule has 122 valence electrons. The lowest BCUT2D eigenvalue weighted by Crippen LogP contribution is -2.42. The van der Waals surface area contributed by atoms with E-state index in [1.807, 2.05) is 0 Å². The molecule has 2 heterocycles. The molecule has 1 N–H and O–H groups in total. The lowest BCUT2D eigenvalue weighted by molar-refractivity contribution is -0.134. The van der Waals surface area contributed by atoms with Crippen molar-refractivity contribution >= 4 is 17.7 Å². The van der Waals surface area contributed by atoms with Gasteiger partial charge in [-0.15, -0.1) is 0 Å². The summed E-state index contributed by atoms with van der Waals surface area (Å²) in [6.07, 6.45) is 1.82. The molecule has 0 spiro atoms. The van der Waals surface area contributed by atoms with Crippen LogP contribution in [-0.2, 0) is 4.79 Å². The van der Waals surface area contributed by atoms with E-state index in [9.17, 15) is 19.5 Å². The van der Waals surface area contributed by atoms with Crippen molar-refractivity contribution in [3.63, 3.8) is 0 Å². The lowest BCUT2D eigenvalue weighted by Gasteiger charge is -2.30. The van der Waals surface area contributed by atoms with Gasteiger partial charge < -0.3 is 10.0 Å². The number of rotatable bonds is 4. The van der Waals surface area contributed by atoms with Crippen LogP contribution in [0.25, 0.3) is 0 Å². The highest BCUT2D eigenvalue weighted by Gasteiger charge is 2.34. The summed E-state index contributed by atoms with van der Waals surface area (Å²) in [7, 11) is 0. The van der Waals surface area contributed by atoms with Gasteiger partial charge in [0.1, 0.15) is 0 Å². The van der Waals surface area contributed by atoms with Crippen molar-refractivity contribution < 1.29 is 19.5 Å². The van der Waals surface area contributed by atoms with Crippen molar-refractivity contribution in [1.82, 2.24) is 9.80 Å². The maximum absolute atomic E-state index is 12.2. The Labute approximate surface area is 134 Å². The number of aliphatic hydroxyl groups is 1. The van der Waals surface area contributed by atoms with E-state index in [4.69, 9.17) is 0 Å². The Bertz CT molecular complexity index is 608. The van der Waals surface area contributed by atoms with Gasteiger partial charge in [0.2, 0.25) is 5.91 Å². The van der Waals surface area contributed by atoms with Gasteiger partial charge in [-0.2, -0.15) is 0 Å². The molecule has 1 saturated heterocycles. The molecule has 3 rings (SSSR count). The van der Waals surface area contributed by atoms with E-state index in [1.165, 1.54) is 4.90 Å². The molecule has 23 heavy (non-hydrogen) atoms. The summed E-state index contributed by atoms with van der Waals surface area (Å²) in [6, 6.07) is 6.77. The Morgan fingerprint density at radius 2 is 1.83 bits per heavy atom. The van der Waals surface area contributed by atoms with Crippen LogP contribution < -0.4 is 0 Å². The Kier molecular flexibility index (Phi) is 4.43. The van der Waals surface area contributed by atoms with Gasteiger partial charge in [0.05, 0.1) is 17.2 Å². The SMILES string of the molecule is O=C(CCCN1C(=O)c2ccccc2C1=O)N1CCCC(O)C1. The Hall–Kier alpha value is -2.21. The highest BCUT2D eigenvalue weighted by molar-refractivity contribution is 6.21. The fourth-order valence-corrected chi connectivity index (χ4v) is 3.17. The van der Waals surface area contributed by atoms with Crippen molar-refractivity contribution in [2.45, 2.75) is 31.8 Å². The van der Waals surface area contributed by atoms with Crippen molar-refractivity contribution in [3.05, 3.63) is 35.4 Å². The van der Waals surface area contributed by atoms with Crippen LogP contribution in [-0.4, -0.2) is 58.4 Å². The number of likely N-dealkylation sites (tertiary alicyclic amines) is 1. The van der Waals surface area contributed by atoms with Crippen LogP contribution in [0.3, 0.4) is 0 Å². The highest BCUT2D eigenvalue weighted by Crippen LogP contribution is 2.22. The van der Waals surface area contributed by atoms with Crippen LogP contribution in [0, 0.1) is 0 Å². The number of carbonyl (C=O) groups excluding carboxylic acids is 3. The van der Waals surface area contributed by atoms with Gasteiger partial charge >= 0.3 is 0 Å². The third-order valence-electron chi connectivity index (χ3n) is 4.40. The molecule has 2 aliphatic heterocycles. The topological polar surface area (TPSA) is 77.9 Å². The molecule has 1 aromatic carbocycles. The first-order valence-corrected chi connectivity index (χ1v) is 7.99. The molecule has 0 aliphatic carbocycles. The number of amides is 3. The quantitative estimate of drug-likeness (QED) is 0.842. The zero-order valence-electron chi connectivity index (χ0n) is 12.9. The molecule has 2 aliphatic rings. The van der Waals surface area contributed by atoms with Crippen molar-refractivity contribution in [1.29, 1.82) is 0 Å². The van der Waals surface area contributed by atoms with Crippen LogP contribution in [0.1, 0.15) is 46.4 Å². The Morgan fingerprint density at radius 1 is 1.17 bits per heavy atom. The molecular weight excluding hydrogens is 296 g/mol. The van der Waals surface area contributed by atoms with Crippen LogP contribution >= 0.6 is 0 Å². The van der Waals surface area contributed by atoms with E-state index in [1.54, 1.807) is 29.2 Å². The number of β-amino-alcohol motifs (C(OH)–C–C–N with tert-alkyl or cyclic N) is 1.